The molecule has 1 aliphatic carbocycles. The van der Waals surface area contributed by atoms with Gasteiger partial charge in [-0.3, -0.25) is 19.4 Å². The van der Waals surface area contributed by atoms with Crippen molar-refractivity contribution in [3.8, 4) is 0 Å². The summed E-state index contributed by atoms with van der Waals surface area (Å²) < 4.78 is 0. The number of carboxylic acid groups (broad SMARTS) is 1. The number of carbonyl (C=O) groups excluding carboxylic acids is 1. The van der Waals surface area contributed by atoms with Crippen LogP contribution < -0.4 is 16.6 Å². The van der Waals surface area contributed by atoms with Crippen molar-refractivity contribution in [2.75, 3.05) is 6.54 Å². The molecule has 1 aromatic rings. The number of hydrogen-bond donors (Lipinski definition) is 4. The summed E-state index contributed by atoms with van der Waals surface area (Å²) in [4.78, 5) is 48.6. The maximum Gasteiger partial charge on any atom is 0.325 e. The van der Waals surface area contributed by atoms with E-state index >= 15 is 0 Å². The lowest BCUT2D eigenvalue weighted by molar-refractivity contribution is -0.143. The molecule has 1 aromatic heterocycles. The van der Waals surface area contributed by atoms with Crippen molar-refractivity contribution >= 4 is 11.9 Å². The van der Waals surface area contributed by atoms with Crippen molar-refractivity contribution in [3.05, 3.63) is 32.6 Å². The molecule has 96 valence electrons. The second-order valence-electron chi connectivity index (χ2n) is 4.25. The van der Waals surface area contributed by atoms with Crippen LogP contribution in [0.25, 0.3) is 0 Å². The minimum Gasteiger partial charge on any atom is -0.481 e. The largest absolute Gasteiger partial charge is 0.481 e. The van der Waals surface area contributed by atoms with Gasteiger partial charge in [0.05, 0.1) is 5.41 Å². The molecule has 4 N–H and O–H groups in total. The van der Waals surface area contributed by atoms with Crippen LogP contribution in [-0.2, 0) is 4.79 Å². The third-order valence-corrected chi connectivity index (χ3v) is 2.96. The van der Waals surface area contributed by atoms with E-state index in [0.717, 1.165) is 6.20 Å². The van der Waals surface area contributed by atoms with Crippen LogP contribution in [0.4, 0.5) is 0 Å². The van der Waals surface area contributed by atoms with E-state index in [9.17, 15) is 19.2 Å². The van der Waals surface area contributed by atoms with Gasteiger partial charge in [-0.25, -0.2) is 4.79 Å². The van der Waals surface area contributed by atoms with Crippen molar-refractivity contribution in [1.29, 1.82) is 0 Å². The number of hydrogen-bond acceptors (Lipinski definition) is 4. The molecule has 2 rings (SSSR count). The van der Waals surface area contributed by atoms with Gasteiger partial charge in [0.1, 0.15) is 5.56 Å². The SMILES string of the molecule is O=C(NCC1(C(=O)O)CC1)c1c[nH]c(=O)[nH]c1=O. The van der Waals surface area contributed by atoms with Crippen LogP contribution in [-0.4, -0.2) is 33.5 Å². The van der Waals surface area contributed by atoms with Crippen molar-refractivity contribution in [1.82, 2.24) is 15.3 Å². The van der Waals surface area contributed by atoms with Gasteiger partial charge in [0.2, 0.25) is 0 Å². The van der Waals surface area contributed by atoms with Crippen LogP contribution in [0.15, 0.2) is 15.8 Å². The molecule has 0 bridgehead atoms. The molecule has 0 saturated heterocycles. The number of carboxylic acids is 1. The molecule has 1 aliphatic rings. The van der Waals surface area contributed by atoms with E-state index in [0.29, 0.717) is 12.8 Å². The molecular weight excluding hydrogens is 242 g/mol. The van der Waals surface area contributed by atoms with Gasteiger partial charge >= 0.3 is 11.7 Å². The zero-order valence-electron chi connectivity index (χ0n) is 9.28. The third kappa shape index (κ3) is 2.17. The highest BCUT2D eigenvalue weighted by Gasteiger charge is 2.50. The van der Waals surface area contributed by atoms with Gasteiger partial charge in [-0.1, -0.05) is 0 Å². The summed E-state index contributed by atoms with van der Waals surface area (Å²) in [5, 5.41) is 11.3. The van der Waals surface area contributed by atoms with E-state index in [4.69, 9.17) is 5.11 Å². The van der Waals surface area contributed by atoms with Gasteiger partial charge in [-0.05, 0) is 12.8 Å². The number of amides is 1. The van der Waals surface area contributed by atoms with Crippen LogP contribution in [0.2, 0.25) is 0 Å². The normalized spacial score (nSPS) is 16.0. The van der Waals surface area contributed by atoms with E-state index in [1.807, 2.05) is 4.98 Å². The Morgan fingerprint density at radius 2 is 2.06 bits per heavy atom. The molecule has 0 aromatic carbocycles. The Morgan fingerprint density at radius 1 is 1.39 bits per heavy atom. The topological polar surface area (TPSA) is 132 Å². The Morgan fingerprint density at radius 3 is 2.56 bits per heavy atom. The molecule has 8 nitrogen and oxygen atoms in total. The highest BCUT2D eigenvalue weighted by Crippen LogP contribution is 2.45. The number of aromatic nitrogens is 2. The van der Waals surface area contributed by atoms with Gasteiger partial charge in [-0.2, -0.15) is 0 Å². The van der Waals surface area contributed by atoms with Crippen molar-refractivity contribution in [2.24, 2.45) is 5.41 Å². The summed E-state index contributed by atoms with van der Waals surface area (Å²) in [6, 6.07) is 0. The third-order valence-electron chi connectivity index (χ3n) is 2.96. The van der Waals surface area contributed by atoms with Gasteiger partial charge in [0.15, 0.2) is 0 Å². The first-order valence-corrected chi connectivity index (χ1v) is 5.28. The van der Waals surface area contributed by atoms with Crippen LogP contribution in [0, 0.1) is 5.41 Å². The number of rotatable bonds is 4. The zero-order valence-corrected chi connectivity index (χ0v) is 9.28. The van der Waals surface area contributed by atoms with E-state index in [1.165, 1.54) is 0 Å². The quantitative estimate of drug-likeness (QED) is 0.527. The van der Waals surface area contributed by atoms with Crippen LogP contribution in [0.3, 0.4) is 0 Å². The molecule has 0 radical (unpaired) electrons. The van der Waals surface area contributed by atoms with Crippen LogP contribution >= 0.6 is 0 Å². The van der Waals surface area contributed by atoms with Gasteiger partial charge < -0.3 is 15.4 Å². The first-order chi connectivity index (χ1) is 8.44. The molecule has 8 heteroatoms. The molecule has 0 unspecified atom stereocenters. The van der Waals surface area contributed by atoms with Crippen LogP contribution in [0.1, 0.15) is 23.2 Å². The number of aliphatic carboxylic acids is 1. The molecular formula is C10H11N3O5. The predicted octanol–water partition coefficient (Wildman–Crippen LogP) is -1.34. The van der Waals surface area contributed by atoms with E-state index in [1.54, 1.807) is 0 Å². The van der Waals surface area contributed by atoms with Gasteiger partial charge in [0.25, 0.3) is 11.5 Å². The van der Waals surface area contributed by atoms with E-state index < -0.39 is 28.5 Å². The molecule has 1 amide bonds. The molecule has 1 fully saturated rings. The number of aromatic amines is 2. The Labute approximate surface area is 100 Å². The molecule has 0 spiro atoms. The molecule has 18 heavy (non-hydrogen) atoms. The molecule has 1 saturated carbocycles. The number of carbonyl (C=O) groups is 2. The predicted molar refractivity (Wildman–Crippen MR) is 59.3 cm³/mol. The van der Waals surface area contributed by atoms with Crippen molar-refractivity contribution in [3.63, 3.8) is 0 Å². The lowest BCUT2D eigenvalue weighted by Gasteiger charge is -2.10. The monoisotopic (exact) mass is 253 g/mol. The maximum atomic E-state index is 11.6. The fourth-order valence-corrected chi connectivity index (χ4v) is 1.54. The average molecular weight is 253 g/mol. The standard InChI is InChI=1S/C10H11N3O5/c14-6(5-3-11-9(18)13-7(5)15)12-4-10(1-2-10)8(16)17/h3H,1-2,4H2,(H,12,14)(H,16,17)(H2,11,13,15,18). The smallest absolute Gasteiger partial charge is 0.325 e. The fourth-order valence-electron chi connectivity index (χ4n) is 1.54. The maximum absolute atomic E-state index is 11.6. The minimum atomic E-state index is -0.960. The fraction of sp³-hybridized carbons (Fsp3) is 0.400. The summed E-state index contributed by atoms with van der Waals surface area (Å²) in [7, 11) is 0. The zero-order chi connectivity index (χ0) is 13.3. The van der Waals surface area contributed by atoms with Crippen LogP contribution in [0.5, 0.6) is 0 Å². The molecule has 1 heterocycles. The summed E-state index contributed by atoms with van der Waals surface area (Å²) in [6.45, 7) is -0.0280. The molecule has 0 atom stereocenters. The Bertz CT molecular complexity index is 610. The summed E-state index contributed by atoms with van der Waals surface area (Å²) in [5.74, 6) is -1.67. The Balaban J connectivity index is 2.07. The lowest BCUT2D eigenvalue weighted by Crippen LogP contribution is -2.38. The average Bonchev–Trinajstić information content (AvgIpc) is 3.07. The Kier molecular flexibility index (Phi) is 2.77. The minimum absolute atomic E-state index is 0.0280. The first-order valence-electron chi connectivity index (χ1n) is 5.28. The molecule has 0 aliphatic heterocycles. The van der Waals surface area contributed by atoms with E-state index in [-0.39, 0.29) is 12.1 Å². The highest BCUT2D eigenvalue weighted by atomic mass is 16.4. The Hall–Kier alpha value is -2.38. The second-order valence-corrected chi connectivity index (χ2v) is 4.25. The second kappa shape index (κ2) is 4.13. The van der Waals surface area contributed by atoms with Gasteiger partial charge in [0, 0.05) is 12.7 Å². The lowest BCUT2D eigenvalue weighted by atomic mass is 10.1. The highest BCUT2D eigenvalue weighted by molar-refractivity contribution is 5.94. The number of nitrogens with one attached hydrogen (secondary N) is 3. The van der Waals surface area contributed by atoms with Crippen molar-refractivity contribution < 1.29 is 14.7 Å². The van der Waals surface area contributed by atoms with Crippen molar-refractivity contribution in [2.45, 2.75) is 12.8 Å². The number of H-pyrrole nitrogens is 2. The van der Waals surface area contributed by atoms with E-state index in [2.05, 4.69) is 10.3 Å². The summed E-state index contributed by atoms with van der Waals surface area (Å²) in [5.41, 5.74) is -2.67. The summed E-state index contributed by atoms with van der Waals surface area (Å²) >= 11 is 0. The summed E-state index contributed by atoms with van der Waals surface area (Å²) in [6.07, 6.45) is 2.01. The van der Waals surface area contributed by atoms with Gasteiger partial charge in [-0.15, -0.1) is 0 Å². The first kappa shape index (κ1) is 12.1.